The summed E-state index contributed by atoms with van der Waals surface area (Å²) in [7, 11) is 0. The zero-order chi connectivity index (χ0) is 38.4. The van der Waals surface area contributed by atoms with Gasteiger partial charge in [-0.3, -0.25) is 9.78 Å². The van der Waals surface area contributed by atoms with Crippen molar-refractivity contribution in [2.75, 3.05) is 32.8 Å². The maximum atomic E-state index is 13.3. The molecule has 9 nitrogen and oxygen atoms in total. The van der Waals surface area contributed by atoms with Crippen LogP contribution in [0.3, 0.4) is 0 Å². The van der Waals surface area contributed by atoms with Gasteiger partial charge in [0.1, 0.15) is 42.2 Å². The minimum absolute atomic E-state index is 0.204. The number of nitrogens with zero attached hydrogens (tertiary/aromatic N) is 3. The van der Waals surface area contributed by atoms with E-state index in [9.17, 15) is 14.4 Å². The van der Waals surface area contributed by atoms with E-state index in [1.165, 1.54) is 11.8 Å². The van der Waals surface area contributed by atoms with Gasteiger partial charge in [-0.05, 0) is 86.4 Å². The smallest absolute Gasteiger partial charge is 0.217 e. The van der Waals surface area contributed by atoms with Crippen LogP contribution >= 0.6 is 23.2 Å². The molecule has 3 aromatic carbocycles. The second-order valence-corrected chi connectivity index (χ2v) is 15.8. The van der Waals surface area contributed by atoms with E-state index in [0.29, 0.717) is 65.4 Å². The summed E-state index contributed by atoms with van der Waals surface area (Å²) in [6, 6.07) is 19.7. The molecule has 0 bridgehead atoms. The van der Waals surface area contributed by atoms with Gasteiger partial charge in [-0.1, -0.05) is 53.5 Å². The number of carbonyl (C=O) groups is 1. The SMILES string of the molecule is N#Cc1cncc(COc2cc(O[C@H]3CCc4c(-c5cccc(OCCCN6CC7(CC(F)C7)C6)c5Cl)cccc43)c(Cl)cc2CNCCCCC(N)=O)c1. The van der Waals surface area contributed by atoms with E-state index in [4.69, 9.17) is 43.1 Å². The summed E-state index contributed by atoms with van der Waals surface area (Å²) in [4.78, 5) is 17.7. The van der Waals surface area contributed by atoms with Crippen LogP contribution in [0.15, 0.2) is 67.0 Å². The molecule has 2 fully saturated rings. The molecule has 2 heterocycles. The minimum atomic E-state index is -0.606. The van der Waals surface area contributed by atoms with E-state index >= 15 is 0 Å². The predicted octanol–water partition coefficient (Wildman–Crippen LogP) is 8.52. The Balaban J connectivity index is 1.02. The third-order valence-electron chi connectivity index (χ3n) is 10.8. The first-order valence-corrected chi connectivity index (χ1v) is 19.8. The van der Waals surface area contributed by atoms with Crippen molar-refractivity contribution in [2.24, 2.45) is 11.1 Å². The first-order valence-electron chi connectivity index (χ1n) is 19.0. The molecule has 3 aliphatic rings. The number of benzene rings is 3. The number of alkyl halides is 1. The molecule has 1 spiro atoms. The Labute approximate surface area is 331 Å². The summed E-state index contributed by atoms with van der Waals surface area (Å²) < 4.78 is 32.5. The molecule has 0 unspecified atom stereocenters. The number of likely N-dealkylation sites (tertiary alicyclic amines) is 1. The zero-order valence-corrected chi connectivity index (χ0v) is 32.3. The number of carbonyl (C=O) groups excluding carboxylic acids is 1. The highest BCUT2D eigenvalue weighted by atomic mass is 35.5. The summed E-state index contributed by atoms with van der Waals surface area (Å²) in [5.41, 5.74) is 11.8. The molecule has 7 rings (SSSR count). The van der Waals surface area contributed by atoms with Crippen LogP contribution < -0.4 is 25.3 Å². The minimum Gasteiger partial charge on any atom is -0.492 e. The van der Waals surface area contributed by atoms with Crippen molar-refractivity contribution in [2.45, 2.75) is 76.8 Å². The molecular formula is C43H46Cl2FN5O4. The third-order valence-corrected chi connectivity index (χ3v) is 11.5. The van der Waals surface area contributed by atoms with Gasteiger partial charge in [0.05, 0.1) is 22.2 Å². The molecule has 0 radical (unpaired) electrons. The highest BCUT2D eigenvalue weighted by molar-refractivity contribution is 6.35. The number of primary amides is 1. The Morgan fingerprint density at radius 2 is 1.84 bits per heavy atom. The van der Waals surface area contributed by atoms with E-state index < -0.39 is 6.17 Å². The molecule has 4 aromatic rings. The first kappa shape index (κ1) is 38.9. The Morgan fingerprint density at radius 3 is 2.64 bits per heavy atom. The molecule has 1 saturated carbocycles. The molecule has 1 atom stereocenters. The van der Waals surface area contributed by atoms with Crippen molar-refractivity contribution in [1.29, 1.82) is 5.26 Å². The number of nitrogens with two attached hydrogens (primary N) is 1. The predicted molar refractivity (Wildman–Crippen MR) is 211 cm³/mol. The molecule has 1 aliphatic heterocycles. The molecule has 2 aliphatic carbocycles. The van der Waals surface area contributed by atoms with Gasteiger partial charge in [0, 0.05) is 73.2 Å². The van der Waals surface area contributed by atoms with Gasteiger partial charge in [-0.2, -0.15) is 5.26 Å². The summed E-state index contributed by atoms with van der Waals surface area (Å²) in [5.74, 6) is 1.47. The molecule has 3 N–H and O–H groups in total. The van der Waals surface area contributed by atoms with Crippen molar-refractivity contribution >= 4 is 29.1 Å². The summed E-state index contributed by atoms with van der Waals surface area (Å²) >= 11 is 13.9. The Bertz CT molecular complexity index is 2040. The van der Waals surface area contributed by atoms with E-state index in [-0.39, 0.29) is 24.0 Å². The average Bonchev–Trinajstić information content (AvgIpc) is 3.56. The maximum Gasteiger partial charge on any atom is 0.217 e. The number of nitrogens with one attached hydrogen (secondary N) is 1. The maximum absolute atomic E-state index is 13.3. The van der Waals surface area contributed by atoms with Crippen molar-refractivity contribution in [3.8, 4) is 34.4 Å². The number of hydrogen-bond donors (Lipinski definition) is 2. The number of nitriles is 1. The van der Waals surface area contributed by atoms with Crippen LogP contribution in [0.5, 0.6) is 17.2 Å². The zero-order valence-electron chi connectivity index (χ0n) is 30.8. The Kier molecular flexibility index (Phi) is 12.4. The number of aromatic nitrogens is 1. The summed E-state index contributed by atoms with van der Waals surface area (Å²) in [6.07, 6.45) is 8.10. The molecule has 55 heavy (non-hydrogen) atoms. The number of halogens is 3. The number of ether oxygens (including phenoxy) is 3. The number of hydrogen-bond acceptors (Lipinski definition) is 8. The van der Waals surface area contributed by atoms with E-state index in [1.54, 1.807) is 12.3 Å². The highest BCUT2D eigenvalue weighted by Gasteiger charge is 2.52. The van der Waals surface area contributed by atoms with Gasteiger partial charge in [0.15, 0.2) is 0 Å². The fourth-order valence-corrected chi connectivity index (χ4v) is 8.66. The van der Waals surface area contributed by atoms with Crippen LogP contribution in [0.2, 0.25) is 10.0 Å². The van der Waals surface area contributed by atoms with Crippen molar-refractivity contribution in [3.63, 3.8) is 0 Å². The average molecular weight is 787 g/mol. The van der Waals surface area contributed by atoms with Gasteiger partial charge < -0.3 is 30.2 Å². The van der Waals surface area contributed by atoms with Crippen LogP contribution in [0.25, 0.3) is 11.1 Å². The third kappa shape index (κ3) is 9.36. The van der Waals surface area contributed by atoms with Gasteiger partial charge in [-0.25, -0.2) is 4.39 Å². The molecule has 1 amide bonds. The highest BCUT2D eigenvalue weighted by Crippen LogP contribution is 2.50. The van der Waals surface area contributed by atoms with Gasteiger partial charge in [0.25, 0.3) is 0 Å². The van der Waals surface area contributed by atoms with Crippen molar-refractivity contribution in [1.82, 2.24) is 15.2 Å². The second kappa shape index (κ2) is 17.6. The first-order chi connectivity index (χ1) is 26.7. The number of pyridine rings is 1. The van der Waals surface area contributed by atoms with Crippen LogP contribution in [0.1, 0.15) is 78.9 Å². The summed E-state index contributed by atoms with van der Waals surface area (Å²) in [6.45, 7) is 4.88. The quantitative estimate of drug-likeness (QED) is 0.0964. The van der Waals surface area contributed by atoms with Crippen molar-refractivity contribution < 1.29 is 23.4 Å². The molecule has 12 heteroatoms. The van der Waals surface area contributed by atoms with Crippen LogP contribution in [-0.4, -0.2) is 54.7 Å². The lowest BCUT2D eigenvalue weighted by Gasteiger charge is -2.57. The van der Waals surface area contributed by atoms with Gasteiger partial charge in [0.2, 0.25) is 5.91 Å². The molecule has 288 valence electrons. The number of rotatable bonds is 18. The second-order valence-electron chi connectivity index (χ2n) is 15.0. The Morgan fingerprint density at radius 1 is 1.02 bits per heavy atom. The molecule has 1 saturated heterocycles. The fraction of sp³-hybridized carbons (Fsp3) is 0.419. The van der Waals surface area contributed by atoms with E-state index in [2.05, 4.69) is 33.4 Å². The Hall–Kier alpha value is -4.40. The molecule has 1 aromatic heterocycles. The van der Waals surface area contributed by atoms with Crippen molar-refractivity contribution in [3.05, 3.63) is 105 Å². The van der Waals surface area contributed by atoms with E-state index in [0.717, 1.165) is 86.0 Å². The van der Waals surface area contributed by atoms with Gasteiger partial charge in [-0.15, -0.1) is 0 Å². The lowest BCUT2D eigenvalue weighted by molar-refractivity contribution is -0.118. The van der Waals surface area contributed by atoms with Crippen LogP contribution in [-0.2, 0) is 24.4 Å². The number of unbranched alkanes of at least 4 members (excludes halogenated alkanes) is 1. The fourth-order valence-electron chi connectivity index (χ4n) is 8.14. The number of amides is 1. The topological polar surface area (TPSA) is 123 Å². The lowest BCUT2D eigenvalue weighted by atomic mass is 9.62. The normalized spacial score (nSPS) is 17.2. The largest absolute Gasteiger partial charge is 0.492 e. The lowest BCUT2D eigenvalue weighted by Crippen LogP contribution is -2.62. The van der Waals surface area contributed by atoms with E-state index in [1.807, 2.05) is 36.4 Å². The van der Waals surface area contributed by atoms with Crippen LogP contribution in [0.4, 0.5) is 4.39 Å². The summed E-state index contributed by atoms with van der Waals surface area (Å²) in [5, 5.41) is 13.8. The van der Waals surface area contributed by atoms with Gasteiger partial charge >= 0.3 is 0 Å². The molecular weight excluding hydrogens is 740 g/mol. The number of fused-ring (bicyclic) bond motifs is 1. The van der Waals surface area contributed by atoms with Crippen LogP contribution in [0, 0.1) is 16.7 Å². The monoisotopic (exact) mass is 785 g/mol. The standard InChI is InChI=1S/C43H46Cl2FN5O4/c44-36-17-30(24-49-13-2-1-10-41(48)52)39(54-25-29-16-28(21-47)22-50-23-29)18-40(36)55-37-12-11-33-32(6-3-7-34(33)37)35-8-4-9-38(42(35)45)53-15-5-14-51-26-43(27-51)19-31(46)20-43/h3-4,6-9,16-18,22-23,31,37,49H,1-2,5,10-15,19-20,24-27H2,(H2,48,52)/t37-/m0/s1.